The van der Waals surface area contributed by atoms with Gasteiger partial charge in [0.15, 0.2) is 0 Å². The minimum absolute atomic E-state index is 0.237. The number of para-hydroxylation sites is 1. The van der Waals surface area contributed by atoms with E-state index in [1.807, 2.05) is 6.92 Å². The minimum Gasteiger partial charge on any atom is -0.463 e. The van der Waals surface area contributed by atoms with Crippen molar-refractivity contribution in [2.45, 2.75) is 18.9 Å². The fraction of sp³-hybridized carbons (Fsp3) is 0.238. The lowest BCUT2D eigenvalue weighted by Gasteiger charge is -2.24. The second-order valence-corrected chi connectivity index (χ2v) is 6.40. The van der Waals surface area contributed by atoms with Gasteiger partial charge in [0.1, 0.15) is 5.92 Å². The molecule has 1 fully saturated rings. The van der Waals surface area contributed by atoms with Gasteiger partial charge in [0.05, 0.1) is 12.8 Å². The van der Waals surface area contributed by atoms with Crippen LogP contribution in [0.5, 0.6) is 0 Å². The van der Waals surface area contributed by atoms with Crippen molar-refractivity contribution in [1.29, 1.82) is 0 Å². The van der Waals surface area contributed by atoms with Crippen LogP contribution >= 0.6 is 0 Å². The Morgan fingerprint density at radius 3 is 2.33 bits per heavy atom. The number of nitrogens with zero attached hydrogens (tertiary/aromatic N) is 2. The van der Waals surface area contributed by atoms with Crippen LogP contribution in [0.2, 0.25) is 0 Å². The van der Waals surface area contributed by atoms with Gasteiger partial charge in [-0.15, -0.1) is 0 Å². The van der Waals surface area contributed by atoms with Crippen molar-refractivity contribution >= 4 is 23.5 Å². The zero-order chi connectivity index (χ0) is 19.6. The molecule has 0 saturated carbocycles. The molecule has 0 aromatic heterocycles. The maximum atomic E-state index is 13.1. The van der Waals surface area contributed by atoms with E-state index in [-0.39, 0.29) is 6.42 Å². The second-order valence-electron chi connectivity index (χ2n) is 6.40. The molecule has 0 spiro atoms. The van der Waals surface area contributed by atoms with Gasteiger partial charge in [0.25, 0.3) is 0 Å². The van der Waals surface area contributed by atoms with E-state index in [0.717, 1.165) is 10.5 Å². The molecule has 3 rings (SSSR count). The molecule has 2 aromatic carbocycles. The van der Waals surface area contributed by atoms with E-state index < -0.39 is 29.2 Å². The van der Waals surface area contributed by atoms with E-state index >= 15 is 0 Å². The van der Waals surface area contributed by atoms with Gasteiger partial charge in [0, 0.05) is 12.0 Å². The van der Waals surface area contributed by atoms with Crippen LogP contribution in [-0.2, 0) is 24.7 Å². The molecule has 0 unspecified atom stereocenters. The molecule has 27 heavy (non-hydrogen) atoms. The average molecular weight is 362 g/mol. The molecule has 2 aromatic rings. The number of anilines is 1. The van der Waals surface area contributed by atoms with Gasteiger partial charge in [-0.25, -0.2) is 11.4 Å². The summed E-state index contributed by atoms with van der Waals surface area (Å²) in [6.45, 7) is 9.64. The predicted molar refractivity (Wildman–Crippen MR) is 98.5 cm³/mol. The number of aryl methyl sites for hydroxylation is 1. The SMILES string of the molecule is [C-]#[N+][C@@](C(=O)OC)(c1ccc(C)cc1)[C@H]1CC(=O)N(c2ccccc2)C1=O. The first kappa shape index (κ1) is 18.3. The van der Waals surface area contributed by atoms with Gasteiger partial charge < -0.3 is 4.74 Å². The van der Waals surface area contributed by atoms with Gasteiger partial charge in [-0.05, 0) is 19.1 Å². The summed E-state index contributed by atoms with van der Waals surface area (Å²) >= 11 is 0. The van der Waals surface area contributed by atoms with E-state index in [4.69, 9.17) is 11.3 Å². The summed E-state index contributed by atoms with van der Waals surface area (Å²) in [6, 6.07) is 15.3. The first-order chi connectivity index (χ1) is 13.0. The number of amides is 2. The summed E-state index contributed by atoms with van der Waals surface area (Å²) < 4.78 is 4.89. The molecule has 0 bridgehead atoms. The lowest BCUT2D eigenvalue weighted by Crippen LogP contribution is -2.45. The summed E-state index contributed by atoms with van der Waals surface area (Å²) in [6.07, 6.45) is -0.237. The van der Waals surface area contributed by atoms with Crippen molar-refractivity contribution < 1.29 is 19.1 Å². The number of imide groups is 1. The molecular formula is C21H18N2O4. The molecule has 2 atom stereocenters. The number of methoxy groups -OCH3 is 1. The van der Waals surface area contributed by atoms with Crippen molar-refractivity contribution in [3.63, 3.8) is 0 Å². The standard InChI is InChI=1S/C21H18N2O4/c1-14-9-11-15(12-10-14)21(22-2,20(26)27-3)17-13-18(24)23(19(17)25)16-7-5-4-6-8-16/h4-12,17H,13H2,1,3H3/t17-,21-/m0/s1. The Labute approximate surface area is 157 Å². The monoisotopic (exact) mass is 362 g/mol. The molecule has 0 aliphatic carbocycles. The highest BCUT2D eigenvalue weighted by molar-refractivity contribution is 6.22. The minimum atomic E-state index is -1.90. The smallest absolute Gasteiger partial charge is 0.399 e. The van der Waals surface area contributed by atoms with E-state index in [0.29, 0.717) is 11.3 Å². The number of hydrogen-bond acceptors (Lipinski definition) is 4. The zero-order valence-corrected chi connectivity index (χ0v) is 15.0. The highest BCUT2D eigenvalue weighted by Gasteiger charge is 2.63. The Kier molecular flexibility index (Phi) is 4.78. The fourth-order valence-electron chi connectivity index (χ4n) is 3.42. The van der Waals surface area contributed by atoms with E-state index in [1.165, 1.54) is 7.11 Å². The third kappa shape index (κ3) is 2.87. The van der Waals surface area contributed by atoms with Crippen LogP contribution in [-0.4, -0.2) is 24.9 Å². The molecule has 6 nitrogen and oxygen atoms in total. The number of rotatable bonds is 4. The first-order valence-electron chi connectivity index (χ1n) is 8.41. The highest BCUT2D eigenvalue weighted by atomic mass is 16.5. The summed E-state index contributed by atoms with van der Waals surface area (Å²) in [5.41, 5.74) is -0.195. The maximum absolute atomic E-state index is 13.1. The molecule has 0 N–H and O–H groups in total. The molecule has 2 amide bonds. The molecule has 1 aliphatic rings. The van der Waals surface area contributed by atoms with Crippen LogP contribution in [0.4, 0.5) is 5.69 Å². The van der Waals surface area contributed by atoms with Gasteiger partial charge in [-0.2, -0.15) is 0 Å². The van der Waals surface area contributed by atoms with Crippen molar-refractivity contribution in [2.75, 3.05) is 12.0 Å². The van der Waals surface area contributed by atoms with E-state index in [1.54, 1.807) is 54.6 Å². The Balaban J connectivity index is 2.12. The third-order valence-electron chi connectivity index (χ3n) is 4.83. The first-order valence-corrected chi connectivity index (χ1v) is 8.41. The number of carbonyl (C=O) groups excluding carboxylic acids is 3. The molecule has 1 saturated heterocycles. The Hall–Kier alpha value is -3.46. The summed E-state index contributed by atoms with van der Waals surface area (Å²) in [5, 5.41) is 0. The predicted octanol–water partition coefficient (Wildman–Crippen LogP) is 2.86. The second kappa shape index (κ2) is 7.04. The van der Waals surface area contributed by atoms with Gasteiger partial charge >= 0.3 is 11.5 Å². The Morgan fingerprint density at radius 1 is 1.15 bits per heavy atom. The molecule has 1 heterocycles. The average Bonchev–Trinajstić information content (AvgIpc) is 2.99. The van der Waals surface area contributed by atoms with E-state index in [9.17, 15) is 14.4 Å². The van der Waals surface area contributed by atoms with Crippen LogP contribution < -0.4 is 4.90 Å². The molecular weight excluding hydrogens is 344 g/mol. The number of benzene rings is 2. The molecule has 0 radical (unpaired) electrons. The Bertz CT molecular complexity index is 931. The van der Waals surface area contributed by atoms with E-state index in [2.05, 4.69) is 4.85 Å². The van der Waals surface area contributed by atoms with Crippen molar-refractivity contribution in [1.82, 2.24) is 0 Å². The van der Waals surface area contributed by atoms with Crippen LogP contribution in [0.1, 0.15) is 17.5 Å². The lowest BCUT2D eigenvalue weighted by molar-refractivity contribution is -0.149. The van der Waals surface area contributed by atoms with Crippen LogP contribution in [0.15, 0.2) is 54.6 Å². The van der Waals surface area contributed by atoms with Crippen LogP contribution in [0.25, 0.3) is 4.85 Å². The largest absolute Gasteiger partial charge is 0.463 e. The topological polar surface area (TPSA) is 68.0 Å². The fourth-order valence-corrected chi connectivity index (χ4v) is 3.42. The molecule has 1 aliphatic heterocycles. The van der Waals surface area contributed by atoms with Crippen LogP contribution in [0.3, 0.4) is 0 Å². The summed E-state index contributed by atoms with van der Waals surface area (Å²) in [4.78, 5) is 43.1. The molecule has 136 valence electrons. The van der Waals surface area contributed by atoms with Gasteiger partial charge in [-0.3, -0.25) is 19.3 Å². The highest BCUT2D eigenvalue weighted by Crippen LogP contribution is 2.43. The van der Waals surface area contributed by atoms with Crippen molar-refractivity contribution in [3.05, 3.63) is 77.1 Å². The van der Waals surface area contributed by atoms with Gasteiger partial charge in [0.2, 0.25) is 11.8 Å². The van der Waals surface area contributed by atoms with Crippen molar-refractivity contribution in [2.24, 2.45) is 5.92 Å². The summed E-state index contributed by atoms with van der Waals surface area (Å²) in [7, 11) is 1.17. The lowest BCUT2D eigenvalue weighted by atomic mass is 9.77. The van der Waals surface area contributed by atoms with Gasteiger partial charge in [-0.1, -0.05) is 48.0 Å². The normalized spacial score (nSPS) is 18.7. The summed E-state index contributed by atoms with van der Waals surface area (Å²) in [5.74, 6) is -3.02. The third-order valence-corrected chi connectivity index (χ3v) is 4.83. The number of ether oxygens (including phenoxy) is 1. The number of esters is 1. The maximum Gasteiger partial charge on any atom is 0.399 e. The number of hydrogen-bond donors (Lipinski definition) is 0. The van der Waals surface area contributed by atoms with Crippen LogP contribution in [0, 0.1) is 19.4 Å². The molecule has 6 heteroatoms. The quantitative estimate of drug-likeness (QED) is 0.476. The number of carbonyl (C=O) groups is 3. The Morgan fingerprint density at radius 2 is 1.78 bits per heavy atom. The van der Waals surface area contributed by atoms with Crippen molar-refractivity contribution in [3.8, 4) is 0 Å². The zero-order valence-electron chi connectivity index (χ0n) is 15.0.